The number of carbonyl (C=O) groups excluding carboxylic acids is 1. The van der Waals surface area contributed by atoms with E-state index in [1.54, 1.807) is 23.6 Å². The maximum Gasteiger partial charge on any atom is 0.321 e. The number of rotatable bonds is 4. The van der Waals surface area contributed by atoms with Crippen LogP contribution in [0.4, 0.5) is 10.5 Å². The average Bonchev–Trinajstić information content (AvgIpc) is 2.36. The van der Waals surface area contributed by atoms with E-state index >= 15 is 0 Å². The summed E-state index contributed by atoms with van der Waals surface area (Å²) in [5.74, 6) is -1.16. The van der Waals surface area contributed by atoms with Crippen LogP contribution in [0, 0.1) is 11.8 Å². The van der Waals surface area contributed by atoms with Crippen LogP contribution < -0.4 is 5.32 Å². The molecule has 108 valence electrons. The summed E-state index contributed by atoms with van der Waals surface area (Å²) in [4.78, 5) is 25.6. The second kappa shape index (κ2) is 6.17. The molecule has 1 unspecified atom stereocenters. The molecular weight excluding hydrogens is 276 g/mol. The highest BCUT2D eigenvalue weighted by molar-refractivity contribution is 7.98. The summed E-state index contributed by atoms with van der Waals surface area (Å²) >= 11 is 1.62. The maximum absolute atomic E-state index is 12.0. The fourth-order valence-electron chi connectivity index (χ4n) is 2.10. The Bertz CT molecular complexity index is 515. The van der Waals surface area contributed by atoms with Gasteiger partial charge in [0.25, 0.3) is 0 Å². The average molecular weight is 294 g/mol. The minimum absolute atomic E-state index is 0.0516. The Hall–Kier alpha value is -1.69. The lowest BCUT2D eigenvalue weighted by Gasteiger charge is -2.41. The summed E-state index contributed by atoms with van der Waals surface area (Å²) in [5.41, 5.74) is 0.761. The van der Waals surface area contributed by atoms with Gasteiger partial charge in [0.15, 0.2) is 0 Å². The van der Waals surface area contributed by atoms with Gasteiger partial charge < -0.3 is 15.3 Å². The van der Waals surface area contributed by atoms with Gasteiger partial charge in [-0.25, -0.2) is 4.79 Å². The lowest BCUT2D eigenvalue weighted by molar-refractivity contribution is -0.144. The summed E-state index contributed by atoms with van der Waals surface area (Å²) < 4.78 is 0. The number of hydrogen-bond acceptors (Lipinski definition) is 3. The van der Waals surface area contributed by atoms with Crippen LogP contribution in [0.2, 0.25) is 0 Å². The molecule has 20 heavy (non-hydrogen) atoms. The molecule has 0 aromatic heterocycles. The molecule has 0 bridgehead atoms. The number of benzene rings is 1. The van der Waals surface area contributed by atoms with Gasteiger partial charge in [-0.1, -0.05) is 13.0 Å². The van der Waals surface area contributed by atoms with Gasteiger partial charge in [-0.2, -0.15) is 0 Å². The number of carboxylic acids is 1. The highest BCUT2D eigenvalue weighted by atomic mass is 32.2. The van der Waals surface area contributed by atoms with Gasteiger partial charge in [-0.3, -0.25) is 4.79 Å². The lowest BCUT2D eigenvalue weighted by atomic mass is 9.87. The van der Waals surface area contributed by atoms with E-state index in [9.17, 15) is 9.59 Å². The van der Waals surface area contributed by atoms with Crippen molar-refractivity contribution in [1.29, 1.82) is 0 Å². The molecule has 0 aliphatic carbocycles. The van der Waals surface area contributed by atoms with Crippen molar-refractivity contribution >= 4 is 29.4 Å². The number of thioether (sulfide) groups is 1. The molecule has 1 fully saturated rings. The molecule has 1 atom stereocenters. The molecule has 2 rings (SSSR count). The molecule has 5 nitrogen and oxygen atoms in total. The zero-order valence-corrected chi connectivity index (χ0v) is 12.3. The smallest absolute Gasteiger partial charge is 0.321 e. The van der Waals surface area contributed by atoms with Crippen molar-refractivity contribution in [2.24, 2.45) is 11.8 Å². The minimum Gasteiger partial charge on any atom is -0.481 e. The van der Waals surface area contributed by atoms with Crippen molar-refractivity contribution in [2.75, 3.05) is 24.7 Å². The number of urea groups is 1. The standard InChI is InChI=1S/C14H18N2O3S/c1-9(13(17)18)10-7-16(8-10)14(19)15-11-4-3-5-12(6-11)20-2/h3-6,9-10H,7-8H2,1-2H3,(H,15,19)(H,17,18). The third kappa shape index (κ3) is 3.25. The molecular formula is C14H18N2O3S. The Labute approximate surface area is 122 Å². The Kier molecular flexibility index (Phi) is 4.54. The monoisotopic (exact) mass is 294 g/mol. The van der Waals surface area contributed by atoms with Crippen molar-refractivity contribution in [1.82, 2.24) is 4.90 Å². The van der Waals surface area contributed by atoms with E-state index in [1.165, 1.54) is 0 Å². The van der Waals surface area contributed by atoms with Gasteiger partial charge in [0, 0.05) is 29.6 Å². The minimum atomic E-state index is -0.803. The van der Waals surface area contributed by atoms with Crippen LogP contribution in [0.25, 0.3) is 0 Å². The number of carbonyl (C=O) groups is 2. The summed E-state index contributed by atoms with van der Waals surface area (Å²) in [7, 11) is 0. The number of nitrogens with one attached hydrogen (secondary N) is 1. The second-order valence-corrected chi connectivity index (χ2v) is 5.83. The summed E-state index contributed by atoms with van der Waals surface area (Å²) in [6.45, 7) is 2.69. The van der Waals surface area contributed by atoms with Crippen LogP contribution in [-0.4, -0.2) is 41.4 Å². The normalized spacial score (nSPS) is 16.4. The van der Waals surface area contributed by atoms with E-state index in [4.69, 9.17) is 5.11 Å². The van der Waals surface area contributed by atoms with E-state index in [1.807, 2.05) is 30.5 Å². The molecule has 2 amide bonds. The first kappa shape index (κ1) is 14.7. The Morgan fingerprint density at radius 3 is 2.75 bits per heavy atom. The van der Waals surface area contributed by atoms with Crippen LogP contribution >= 0.6 is 11.8 Å². The van der Waals surface area contributed by atoms with Crippen LogP contribution in [0.1, 0.15) is 6.92 Å². The van der Waals surface area contributed by atoms with Crippen LogP contribution in [0.15, 0.2) is 29.2 Å². The van der Waals surface area contributed by atoms with Crippen molar-refractivity contribution in [3.05, 3.63) is 24.3 Å². The van der Waals surface area contributed by atoms with Crippen LogP contribution in [0.3, 0.4) is 0 Å². The lowest BCUT2D eigenvalue weighted by Crippen LogP contribution is -2.54. The van der Waals surface area contributed by atoms with Crippen molar-refractivity contribution in [2.45, 2.75) is 11.8 Å². The second-order valence-electron chi connectivity index (χ2n) is 4.95. The van der Waals surface area contributed by atoms with Crippen LogP contribution in [-0.2, 0) is 4.79 Å². The molecule has 1 aliphatic rings. The van der Waals surface area contributed by atoms with E-state index in [2.05, 4.69) is 5.32 Å². The summed E-state index contributed by atoms with van der Waals surface area (Å²) in [6, 6.07) is 7.47. The number of nitrogens with zero attached hydrogens (tertiary/aromatic N) is 1. The van der Waals surface area contributed by atoms with Gasteiger partial charge in [-0.15, -0.1) is 11.8 Å². The largest absolute Gasteiger partial charge is 0.481 e. The van der Waals surface area contributed by atoms with Gasteiger partial charge in [0.05, 0.1) is 5.92 Å². The highest BCUT2D eigenvalue weighted by Crippen LogP contribution is 2.25. The number of hydrogen-bond donors (Lipinski definition) is 2. The molecule has 1 heterocycles. The summed E-state index contributed by atoms with van der Waals surface area (Å²) in [6.07, 6.45) is 1.98. The molecule has 1 saturated heterocycles. The highest BCUT2D eigenvalue weighted by Gasteiger charge is 2.37. The molecule has 1 aliphatic heterocycles. The number of likely N-dealkylation sites (tertiary alicyclic amines) is 1. The number of anilines is 1. The topological polar surface area (TPSA) is 69.6 Å². The SMILES string of the molecule is CSc1cccc(NC(=O)N2CC(C(C)C(=O)O)C2)c1. The molecule has 1 aromatic rings. The van der Waals surface area contributed by atoms with E-state index in [-0.39, 0.29) is 11.9 Å². The Balaban J connectivity index is 1.86. The van der Waals surface area contributed by atoms with Gasteiger partial charge >= 0.3 is 12.0 Å². The number of amides is 2. The Morgan fingerprint density at radius 2 is 2.15 bits per heavy atom. The molecule has 2 N–H and O–H groups in total. The third-order valence-corrected chi connectivity index (χ3v) is 4.34. The fraction of sp³-hybridized carbons (Fsp3) is 0.429. The first-order valence-corrected chi connectivity index (χ1v) is 7.66. The molecule has 1 aromatic carbocycles. The maximum atomic E-state index is 12.0. The van der Waals surface area contributed by atoms with E-state index < -0.39 is 11.9 Å². The van der Waals surface area contributed by atoms with Gasteiger partial charge in [-0.05, 0) is 24.5 Å². The van der Waals surface area contributed by atoms with Crippen molar-refractivity contribution < 1.29 is 14.7 Å². The predicted molar refractivity (Wildman–Crippen MR) is 79.1 cm³/mol. The number of aliphatic carboxylic acids is 1. The van der Waals surface area contributed by atoms with Gasteiger partial charge in [0.1, 0.15) is 0 Å². The van der Waals surface area contributed by atoms with Gasteiger partial charge in [0.2, 0.25) is 0 Å². The van der Waals surface area contributed by atoms with Crippen molar-refractivity contribution in [3.63, 3.8) is 0 Å². The van der Waals surface area contributed by atoms with E-state index in [0.717, 1.165) is 10.6 Å². The molecule has 0 saturated carbocycles. The zero-order chi connectivity index (χ0) is 14.7. The molecule has 0 radical (unpaired) electrons. The van der Waals surface area contributed by atoms with E-state index in [0.29, 0.717) is 13.1 Å². The Morgan fingerprint density at radius 1 is 1.45 bits per heavy atom. The zero-order valence-electron chi connectivity index (χ0n) is 11.5. The predicted octanol–water partition coefficient (Wildman–Crippen LogP) is 2.59. The summed E-state index contributed by atoms with van der Waals surface area (Å²) in [5, 5.41) is 11.7. The fourth-order valence-corrected chi connectivity index (χ4v) is 2.56. The molecule has 6 heteroatoms. The quantitative estimate of drug-likeness (QED) is 0.837. The molecule has 0 spiro atoms. The first-order chi connectivity index (χ1) is 9.51. The van der Waals surface area contributed by atoms with Crippen molar-refractivity contribution in [3.8, 4) is 0 Å². The number of carboxylic acid groups (broad SMARTS) is 1. The third-order valence-electron chi connectivity index (χ3n) is 3.61. The van der Waals surface area contributed by atoms with Crippen LogP contribution in [0.5, 0.6) is 0 Å². The first-order valence-electron chi connectivity index (χ1n) is 6.44.